The summed E-state index contributed by atoms with van der Waals surface area (Å²) in [6.07, 6.45) is 1.53. The molecule has 0 amide bonds. The van der Waals surface area contributed by atoms with Gasteiger partial charge in [0.25, 0.3) is 5.56 Å². The van der Waals surface area contributed by atoms with Gasteiger partial charge in [-0.2, -0.15) is 5.10 Å². The first-order chi connectivity index (χ1) is 8.43. The van der Waals surface area contributed by atoms with Crippen LogP contribution in [0.4, 0.5) is 5.69 Å². The van der Waals surface area contributed by atoms with E-state index in [0.29, 0.717) is 17.8 Å². The first-order valence-electron chi connectivity index (χ1n) is 6.16. The van der Waals surface area contributed by atoms with E-state index in [1.807, 2.05) is 0 Å². The van der Waals surface area contributed by atoms with Crippen LogP contribution in [-0.4, -0.2) is 40.3 Å². The molecule has 0 aliphatic carbocycles. The van der Waals surface area contributed by atoms with Crippen molar-refractivity contribution in [2.75, 3.05) is 18.4 Å². The fraction of sp³-hybridized carbons (Fsp3) is 0.667. The quantitative estimate of drug-likeness (QED) is 0.831. The third-order valence-electron chi connectivity index (χ3n) is 2.81. The van der Waals surface area contributed by atoms with Gasteiger partial charge in [-0.05, 0) is 27.7 Å². The number of rotatable bonds is 6. The van der Waals surface area contributed by atoms with E-state index in [-0.39, 0.29) is 10.6 Å². The number of aromatic amines is 1. The molecule has 5 nitrogen and oxygen atoms in total. The highest BCUT2D eigenvalue weighted by molar-refractivity contribution is 6.32. The van der Waals surface area contributed by atoms with E-state index in [4.69, 9.17) is 11.6 Å². The molecule has 0 aliphatic rings. The average Bonchev–Trinajstić information content (AvgIpc) is 2.28. The number of aromatic nitrogens is 2. The van der Waals surface area contributed by atoms with Crippen molar-refractivity contribution in [1.29, 1.82) is 0 Å². The Kier molecular flexibility index (Phi) is 5.62. The van der Waals surface area contributed by atoms with Crippen LogP contribution in [0.25, 0.3) is 0 Å². The molecule has 1 rings (SSSR count). The highest BCUT2D eigenvalue weighted by Crippen LogP contribution is 2.14. The minimum absolute atomic E-state index is 0.158. The topological polar surface area (TPSA) is 61.0 Å². The van der Waals surface area contributed by atoms with Crippen LogP contribution in [0.3, 0.4) is 0 Å². The van der Waals surface area contributed by atoms with E-state index in [0.717, 1.165) is 13.1 Å². The van der Waals surface area contributed by atoms with Crippen molar-refractivity contribution < 1.29 is 0 Å². The Hall–Kier alpha value is -1.07. The fourth-order valence-electron chi connectivity index (χ4n) is 1.94. The molecule has 1 aromatic heterocycles. The number of H-pyrrole nitrogens is 1. The van der Waals surface area contributed by atoms with Crippen LogP contribution in [0.5, 0.6) is 0 Å². The second-order valence-electron chi connectivity index (χ2n) is 4.78. The molecule has 1 heterocycles. The number of hydrogen-bond acceptors (Lipinski definition) is 4. The van der Waals surface area contributed by atoms with Crippen LogP contribution in [-0.2, 0) is 0 Å². The van der Waals surface area contributed by atoms with Gasteiger partial charge in [0.2, 0.25) is 0 Å². The van der Waals surface area contributed by atoms with Gasteiger partial charge >= 0.3 is 0 Å². The Bertz CT molecular complexity index is 422. The second kappa shape index (κ2) is 6.75. The minimum atomic E-state index is -0.369. The van der Waals surface area contributed by atoms with Crippen molar-refractivity contribution in [3.63, 3.8) is 0 Å². The van der Waals surface area contributed by atoms with E-state index < -0.39 is 0 Å². The molecule has 0 aliphatic heterocycles. The molecule has 0 saturated heterocycles. The SMILES string of the molecule is CC(C)N(CCNc1cn[nH]c(=O)c1Cl)C(C)C. The molecule has 0 unspecified atom stereocenters. The lowest BCUT2D eigenvalue weighted by molar-refractivity contribution is 0.182. The van der Waals surface area contributed by atoms with E-state index in [9.17, 15) is 4.79 Å². The standard InChI is InChI=1S/C12H21ClN4O/c1-8(2)17(9(3)4)6-5-14-10-7-15-16-12(18)11(10)13/h7-9H,5-6H2,1-4H3,(H2,14,16,18). The Morgan fingerprint density at radius 3 is 2.56 bits per heavy atom. The number of nitrogens with zero attached hydrogens (tertiary/aromatic N) is 2. The molecular formula is C12H21ClN4O. The Morgan fingerprint density at radius 1 is 1.39 bits per heavy atom. The largest absolute Gasteiger partial charge is 0.381 e. The van der Waals surface area contributed by atoms with Gasteiger partial charge in [0, 0.05) is 25.2 Å². The molecule has 102 valence electrons. The zero-order valence-corrected chi connectivity index (χ0v) is 12.1. The van der Waals surface area contributed by atoms with Gasteiger partial charge in [0.05, 0.1) is 11.9 Å². The van der Waals surface area contributed by atoms with Gasteiger partial charge in [-0.1, -0.05) is 11.6 Å². The summed E-state index contributed by atoms with van der Waals surface area (Å²) in [5.41, 5.74) is 0.208. The maximum Gasteiger partial charge on any atom is 0.285 e. The number of nitrogens with one attached hydrogen (secondary N) is 2. The number of anilines is 1. The van der Waals surface area contributed by atoms with Crippen molar-refractivity contribution in [3.8, 4) is 0 Å². The zero-order valence-electron chi connectivity index (χ0n) is 11.3. The lowest BCUT2D eigenvalue weighted by Gasteiger charge is -2.30. The molecular weight excluding hydrogens is 252 g/mol. The smallest absolute Gasteiger partial charge is 0.285 e. The van der Waals surface area contributed by atoms with Gasteiger partial charge in [-0.3, -0.25) is 9.69 Å². The predicted octanol–water partition coefficient (Wildman–Crippen LogP) is 1.95. The molecule has 1 aromatic rings. The van der Waals surface area contributed by atoms with E-state index in [1.54, 1.807) is 0 Å². The fourth-order valence-corrected chi connectivity index (χ4v) is 2.10. The van der Waals surface area contributed by atoms with E-state index in [2.05, 4.69) is 48.1 Å². The third kappa shape index (κ3) is 3.99. The highest BCUT2D eigenvalue weighted by atomic mass is 35.5. The molecule has 0 spiro atoms. The molecule has 0 bridgehead atoms. The summed E-state index contributed by atoms with van der Waals surface area (Å²) >= 11 is 5.87. The summed E-state index contributed by atoms with van der Waals surface area (Å²) in [5.74, 6) is 0. The maximum atomic E-state index is 11.3. The van der Waals surface area contributed by atoms with Crippen LogP contribution in [0.2, 0.25) is 5.02 Å². The third-order valence-corrected chi connectivity index (χ3v) is 3.18. The van der Waals surface area contributed by atoms with Crippen molar-refractivity contribution in [3.05, 3.63) is 21.6 Å². The van der Waals surface area contributed by atoms with E-state index >= 15 is 0 Å². The van der Waals surface area contributed by atoms with Crippen LogP contribution in [0, 0.1) is 0 Å². The lowest BCUT2D eigenvalue weighted by Crippen LogP contribution is -2.40. The van der Waals surface area contributed by atoms with Gasteiger partial charge in [-0.25, -0.2) is 5.10 Å². The zero-order chi connectivity index (χ0) is 13.7. The average molecular weight is 273 g/mol. The van der Waals surface area contributed by atoms with Crippen molar-refractivity contribution >= 4 is 17.3 Å². The Balaban J connectivity index is 2.56. The summed E-state index contributed by atoms with van der Waals surface area (Å²) in [4.78, 5) is 13.6. The van der Waals surface area contributed by atoms with Gasteiger partial charge in [0.1, 0.15) is 5.02 Å². The van der Waals surface area contributed by atoms with Gasteiger partial charge < -0.3 is 5.32 Å². The van der Waals surface area contributed by atoms with Gasteiger partial charge in [-0.15, -0.1) is 0 Å². The van der Waals surface area contributed by atoms with Crippen molar-refractivity contribution in [2.24, 2.45) is 0 Å². The molecule has 2 N–H and O–H groups in total. The van der Waals surface area contributed by atoms with Crippen LogP contribution in [0.15, 0.2) is 11.0 Å². The maximum absolute atomic E-state index is 11.3. The number of hydrogen-bond donors (Lipinski definition) is 2. The van der Waals surface area contributed by atoms with Crippen molar-refractivity contribution in [2.45, 2.75) is 39.8 Å². The van der Waals surface area contributed by atoms with Crippen molar-refractivity contribution in [1.82, 2.24) is 15.1 Å². The summed E-state index contributed by atoms with van der Waals surface area (Å²) in [6, 6.07) is 0.971. The monoisotopic (exact) mass is 272 g/mol. The normalized spacial score (nSPS) is 11.6. The first-order valence-corrected chi connectivity index (χ1v) is 6.54. The highest BCUT2D eigenvalue weighted by Gasteiger charge is 2.12. The molecule has 0 atom stereocenters. The first kappa shape index (κ1) is 15.0. The predicted molar refractivity (Wildman–Crippen MR) is 75.3 cm³/mol. The van der Waals surface area contributed by atoms with Crippen LogP contribution < -0.4 is 10.9 Å². The Morgan fingerprint density at radius 2 is 2.00 bits per heavy atom. The van der Waals surface area contributed by atoms with Crippen LogP contribution >= 0.6 is 11.6 Å². The lowest BCUT2D eigenvalue weighted by atomic mass is 10.2. The Labute approximate surface area is 113 Å². The van der Waals surface area contributed by atoms with Crippen LogP contribution in [0.1, 0.15) is 27.7 Å². The molecule has 0 aromatic carbocycles. The second-order valence-corrected chi connectivity index (χ2v) is 5.16. The molecule has 0 fully saturated rings. The van der Waals surface area contributed by atoms with E-state index in [1.165, 1.54) is 6.20 Å². The van der Waals surface area contributed by atoms with Gasteiger partial charge in [0.15, 0.2) is 0 Å². The molecule has 0 radical (unpaired) electrons. The number of halogens is 1. The summed E-state index contributed by atoms with van der Waals surface area (Å²) < 4.78 is 0. The molecule has 18 heavy (non-hydrogen) atoms. The molecule has 6 heteroatoms. The summed E-state index contributed by atoms with van der Waals surface area (Å²) in [6.45, 7) is 10.3. The molecule has 0 saturated carbocycles. The summed E-state index contributed by atoms with van der Waals surface area (Å²) in [5, 5.41) is 9.30. The summed E-state index contributed by atoms with van der Waals surface area (Å²) in [7, 11) is 0. The minimum Gasteiger partial charge on any atom is -0.381 e.